The van der Waals surface area contributed by atoms with Crippen molar-refractivity contribution in [2.45, 2.75) is 39.7 Å². The molecule has 3 heteroatoms. The van der Waals surface area contributed by atoms with Gasteiger partial charge in [-0.2, -0.15) is 0 Å². The highest BCUT2D eigenvalue weighted by Crippen LogP contribution is 2.03. The first-order chi connectivity index (χ1) is 5.57. The van der Waals surface area contributed by atoms with Crippen molar-refractivity contribution >= 4 is 5.91 Å². The van der Waals surface area contributed by atoms with E-state index in [0.717, 1.165) is 12.8 Å². The first kappa shape index (κ1) is 11.4. The highest BCUT2D eigenvalue weighted by atomic mass is 16.1. The first-order valence-electron chi connectivity index (χ1n) is 4.61. The van der Waals surface area contributed by atoms with Gasteiger partial charge in [-0.25, -0.2) is 0 Å². The number of rotatable bonds is 5. The Balaban J connectivity index is 3.57. The van der Waals surface area contributed by atoms with Gasteiger partial charge in [0.1, 0.15) is 0 Å². The van der Waals surface area contributed by atoms with Crippen LogP contribution in [0.4, 0.5) is 0 Å². The number of carbonyl (C=O) groups excluding carboxylic acids is 1. The van der Waals surface area contributed by atoms with Crippen molar-refractivity contribution in [2.24, 2.45) is 11.7 Å². The summed E-state index contributed by atoms with van der Waals surface area (Å²) in [7, 11) is 0. The minimum Gasteiger partial charge on any atom is -0.354 e. The van der Waals surface area contributed by atoms with Gasteiger partial charge < -0.3 is 11.1 Å². The summed E-state index contributed by atoms with van der Waals surface area (Å²) >= 11 is 0. The normalized spacial score (nSPS) is 15.3. The summed E-state index contributed by atoms with van der Waals surface area (Å²) < 4.78 is 0. The van der Waals surface area contributed by atoms with Crippen LogP contribution in [0.1, 0.15) is 33.6 Å². The lowest BCUT2D eigenvalue weighted by Crippen LogP contribution is -2.37. The topological polar surface area (TPSA) is 55.1 Å². The molecule has 0 rings (SSSR count). The van der Waals surface area contributed by atoms with E-state index in [2.05, 4.69) is 12.2 Å². The Bertz CT molecular complexity index is 134. The molecule has 1 amide bonds. The Morgan fingerprint density at radius 1 is 1.50 bits per heavy atom. The standard InChI is InChI=1S/C9H20N2O/c1-4-5-7(2)9(12)11-6-8(3)10/h7-8H,4-6,10H2,1-3H3,(H,11,12). The van der Waals surface area contributed by atoms with Crippen LogP contribution in [0.2, 0.25) is 0 Å². The molecule has 0 radical (unpaired) electrons. The maximum Gasteiger partial charge on any atom is 0.222 e. The zero-order valence-corrected chi connectivity index (χ0v) is 8.26. The summed E-state index contributed by atoms with van der Waals surface area (Å²) in [6, 6.07) is 0.0442. The molecule has 0 saturated carbocycles. The fourth-order valence-corrected chi connectivity index (χ4v) is 1.000. The van der Waals surface area contributed by atoms with E-state index in [0.29, 0.717) is 6.54 Å². The lowest BCUT2D eigenvalue weighted by atomic mass is 10.1. The van der Waals surface area contributed by atoms with E-state index >= 15 is 0 Å². The van der Waals surface area contributed by atoms with Gasteiger partial charge in [-0.3, -0.25) is 4.79 Å². The van der Waals surface area contributed by atoms with E-state index in [1.807, 2.05) is 13.8 Å². The van der Waals surface area contributed by atoms with Crippen LogP contribution in [0.3, 0.4) is 0 Å². The third-order valence-electron chi connectivity index (χ3n) is 1.77. The van der Waals surface area contributed by atoms with Gasteiger partial charge in [-0.1, -0.05) is 20.3 Å². The maximum atomic E-state index is 11.3. The molecule has 0 aliphatic rings. The molecule has 3 nitrogen and oxygen atoms in total. The maximum absolute atomic E-state index is 11.3. The van der Waals surface area contributed by atoms with E-state index in [4.69, 9.17) is 5.73 Å². The minimum absolute atomic E-state index is 0.0442. The van der Waals surface area contributed by atoms with Crippen molar-refractivity contribution in [3.8, 4) is 0 Å². The fraction of sp³-hybridized carbons (Fsp3) is 0.889. The first-order valence-corrected chi connectivity index (χ1v) is 4.61. The van der Waals surface area contributed by atoms with E-state index in [9.17, 15) is 4.79 Å². The van der Waals surface area contributed by atoms with Crippen molar-refractivity contribution < 1.29 is 4.79 Å². The van der Waals surface area contributed by atoms with Crippen molar-refractivity contribution in [2.75, 3.05) is 6.54 Å². The summed E-state index contributed by atoms with van der Waals surface area (Å²) in [6.07, 6.45) is 2.00. The Morgan fingerprint density at radius 3 is 2.50 bits per heavy atom. The molecule has 12 heavy (non-hydrogen) atoms. The molecule has 0 bridgehead atoms. The van der Waals surface area contributed by atoms with Crippen molar-refractivity contribution in [3.05, 3.63) is 0 Å². The Kier molecular flexibility index (Phi) is 5.72. The van der Waals surface area contributed by atoms with Crippen molar-refractivity contribution in [1.29, 1.82) is 0 Å². The zero-order valence-electron chi connectivity index (χ0n) is 8.26. The molecule has 0 aliphatic carbocycles. The molecule has 2 atom stereocenters. The molecule has 0 fully saturated rings. The second-order valence-corrected chi connectivity index (χ2v) is 3.41. The third kappa shape index (κ3) is 5.13. The molecule has 0 aliphatic heterocycles. The van der Waals surface area contributed by atoms with E-state index in [1.54, 1.807) is 0 Å². The second-order valence-electron chi connectivity index (χ2n) is 3.41. The van der Waals surface area contributed by atoms with E-state index < -0.39 is 0 Å². The summed E-state index contributed by atoms with van der Waals surface area (Å²) in [5.41, 5.74) is 5.50. The lowest BCUT2D eigenvalue weighted by molar-refractivity contribution is -0.124. The van der Waals surface area contributed by atoms with Crippen LogP contribution in [0, 0.1) is 5.92 Å². The molecule has 0 spiro atoms. The third-order valence-corrected chi connectivity index (χ3v) is 1.77. The number of carbonyl (C=O) groups is 1. The lowest BCUT2D eigenvalue weighted by Gasteiger charge is -2.12. The van der Waals surface area contributed by atoms with Crippen LogP contribution in [0.25, 0.3) is 0 Å². The van der Waals surface area contributed by atoms with E-state index in [-0.39, 0.29) is 17.9 Å². The largest absolute Gasteiger partial charge is 0.354 e. The average molecular weight is 172 g/mol. The second kappa shape index (κ2) is 6.00. The molecule has 0 saturated heterocycles. The van der Waals surface area contributed by atoms with Crippen LogP contribution >= 0.6 is 0 Å². The summed E-state index contributed by atoms with van der Waals surface area (Å²) in [5, 5.41) is 2.80. The molecule has 0 aromatic heterocycles. The average Bonchev–Trinajstić information content (AvgIpc) is 2.00. The van der Waals surface area contributed by atoms with Crippen molar-refractivity contribution in [1.82, 2.24) is 5.32 Å². The highest BCUT2D eigenvalue weighted by molar-refractivity contribution is 5.78. The quantitative estimate of drug-likeness (QED) is 0.647. The predicted octanol–water partition coefficient (Wildman–Crippen LogP) is 0.886. The highest BCUT2D eigenvalue weighted by Gasteiger charge is 2.10. The molecule has 0 heterocycles. The van der Waals surface area contributed by atoms with E-state index in [1.165, 1.54) is 0 Å². The fourth-order valence-electron chi connectivity index (χ4n) is 1.000. The van der Waals surface area contributed by atoms with Gasteiger partial charge in [0.15, 0.2) is 0 Å². The number of hydrogen-bond donors (Lipinski definition) is 2. The number of nitrogens with one attached hydrogen (secondary N) is 1. The van der Waals surface area contributed by atoms with Crippen LogP contribution in [-0.4, -0.2) is 18.5 Å². The van der Waals surface area contributed by atoms with Crippen LogP contribution < -0.4 is 11.1 Å². The summed E-state index contributed by atoms with van der Waals surface area (Å²) in [5.74, 6) is 0.239. The van der Waals surface area contributed by atoms with Crippen molar-refractivity contribution in [3.63, 3.8) is 0 Å². The van der Waals surface area contributed by atoms with Gasteiger partial charge in [-0.05, 0) is 13.3 Å². The Hall–Kier alpha value is -0.570. The van der Waals surface area contributed by atoms with Gasteiger partial charge >= 0.3 is 0 Å². The number of hydrogen-bond acceptors (Lipinski definition) is 2. The van der Waals surface area contributed by atoms with Gasteiger partial charge in [0.25, 0.3) is 0 Å². The number of amides is 1. The zero-order chi connectivity index (χ0) is 9.56. The smallest absolute Gasteiger partial charge is 0.222 e. The van der Waals surface area contributed by atoms with Crippen LogP contribution in [0.5, 0.6) is 0 Å². The van der Waals surface area contributed by atoms with Gasteiger partial charge in [0, 0.05) is 18.5 Å². The monoisotopic (exact) mass is 172 g/mol. The minimum atomic E-state index is 0.0442. The SMILES string of the molecule is CCCC(C)C(=O)NCC(C)N. The molecular formula is C9H20N2O. The molecular weight excluding hydrogens is 152 g/mol. The molecule has 72 valence electrons. The molecule has 2 unspecified atom stereocenters. The van der Waals surface area contributed by atoms with Crippen LogP contribution in [0.15, 0.2) is 0 Å². The molecule has 0 aromatic rings. The molecule has 0 aromatic carbocycles. The predicted molar refractivity (Wildman–Crippen MR) is 50.7 cm³/mol. The Labute approximate surface area is 74.7 Å². The summed E-state index contributed by atoms with van der Waals surface area (Å²) in [6.45, 7) is 6.48. The molecule has 3 N–H and O–H groups in total. The van der Waals surface area contributed by atoms with Gasteiger partial charge in [0.05, 0.1) is 0 Å². The van der Waals surface area contributed by atoms with Gasteiger partial charge in [-0.15, -0.1) is 0 Å². The number of nitrogens with two attached hydrogens (primary N) is 1. The summed E-state index contributed by atoms with van der Waals surface area (Å²) in [4.78, 5) is 11.3. The Morgan fingerprint density at radius 2 is 2.08 bits per heavy atom. The van der Waals surface area contributed by atoms with Gasteiger partial charge in [0.2, 0.25) is 5.91 Å². The van der Waals surface area contributed by atoms with Crippen LogP contribution in [-0.2, 0) is 4.79 Å².